The lowest BCUT2D eigenvalue weighted by Crippen LogP contribution is -2.35. The van der Waals surface area contributed by atoms with Crippen molar-refractivity contribution >= 4 is 33.9 Å². The van der Waals surface area contributed by atoms with Crippen molar-refractivity contribution in [2.75, 3.05) is 7.11 Å². The highest BCUT2D eigenvalue weighted by atomic mass is 79.9. The van der Waals surface area contributed by atoms with E-state index < -0.39 is 11.9 Å². The molecule has 0 atom stereocenters. The van der Waals surface area contributed by atoms with Crippen LogP contribution in [0.3, 0.4) is 0 Å². The quantitative estimate of drug-likeness (QED) is 0.523. The van der Waals surface area contributed by atoms with Gasteiger partial charge in [-0.1, -0.05) is 29.8 Å². The average molecular weight is 444 g/mol. The standard InChI is InChI=1S/C20H18BrN3O4/c1-12-4-3-5-13(6-12)11-28-18-16(21)8-14(9-17(18)27-2)7-15(10-22)19(25)24-20(23)26/h3-9H,11H2,1-2H3,(H3,23,24,25,26)/b15-7-. The van der Waals surface area contributed by atoms with Gasteiger partial charge in [0, 0.05) is 0 Å². The van der Waals surface area contributed by atoms with Gasteiger partial charge in [-0.2, -0.15) is 5.26 Å². The first-order valence-electron chi connectivity index (χ1n) is 8.12. The molecule has 0 aromatic heterocycles. The molecule has 2 aromatic rings. The molecule has 0 spiro atoms. The summed E-state index contributed by atoms with van der Waals surface area (Å²) in [6, 6.07) is 11.9. The molecule has 8 heteroatoms. The second-order valence-corrected chi connectivity index (χ2v) is 6.65. The number of amides is 3. The Labute approximate surface area is 170 Å². The van der Waals surface area contributed by atoms with E-state index in [1.54, 1.807) is 18.2 Å². The molecule has 2 aromatic carbocycles. The van der Waals surface area contributed by atoms with Crippen molar-refractivity contribution in [3.05, 3.63) is 63.1 Å². The number of nitriles is 1. The Bertz CT molecular complexity index is 980. The van der Waals surface area contributed by atoms with Gasteiger partial charge in [0.2, 0.25) is 0 Å². The van der Waals surface area contributed by atoms with E-state index in [0.717, 1.165) is 11.1 Å². The van der Waals surface area contributed by atoms with Gasteiger partial charge in [-0.25, -0.2) is 4.79 Å². The topological polar surface area (TPSA) is 114 Å². The predicted octanol–water partition coefficient (Wildman–Crippen LogP) is 3.45. The summed E-state index contributed by atoms with van der Waals surface area (Å²) >= 11 is 3.42. The molecule has 0 aliphatic heterocycles. The second-order valence-electron chi connectivity index (χ2n) is 5.80. The third-order valence-corrected chi connectivity index (χ3v) is 4.22. The van der Waals surface area contributed by atoms with E-state index in [2.05, 4.69) is 15.9 Å². The molecule has 0 heterocycles. The van der Waals surface area contributed by atoms with E-state index in [9.17, 15) is 9.59 Å². The molecule has 0 bridgehead atoms. The summed E-state index contributed by atoms with van der Waals surface area (Å²) in [4.78, 5) is 22.6. The van der Waals surface area contributed by atoms with Gasteiger partial charge in [0.25, 0.3) is 5.91 Å². The molecule has 0 saturated heterocycles. The average Bonchev–Trinajstić information content (AvgIpc) is 2.64. The highest BCUT2D eigenvalue weighted by Crippen LogP contribution is 2.37. The number of primary amides is 1. The van der Waals surface area contributed by atoms with E-state index in [0.29, 0.717) is 28.1 Å². The first-order valence-corrected chi connectivity index (χ1v) is 8.91. The van der Waals surface area contributed by atoms with E-state index >= 15 is 0 Å². The SMILES string of the molecule is COc1cc(/C=C(/C#N)C(=O)NC(N)=O)cc(Br)c1OCc1cccc(C)c1. The fraction of sp³-hybridized carbons (Fsp3) is 0.150. The Morgan fingerprint density at radius 2 is 2.07 bits per heavy atom. The van der Waals surface area contributed by atoms with E-state index in [1.807, 2.05) is 36.5 Å². The molecule has 7 nitrogen and oxygen atoms in total. The Kier molecular flexibility index (Phi) is 7.18. The van der Waals surface area contributed by atoms with Gasteiger partial charge < -0.3 is 15.2 Å². The number of hydrogen-bond donors (Lipinski definition) is 2. The minimum atomic E-state index is -1.04. The van der Waals surface area contributed by atoms with E-state index in [1.165, 1.54) is 13.2 Å². The monoisotopic (exact) mass is 443 g/mol. The Morgan fingerprint density at radius 1 is 1.32 bits per heavy atom. The lowest BCUT2D eigenvalue weighted by atomic mass is 10.1. The summed E-state index contributed by atoms with van der Waals surface area (Å²) in [6.07, 6.45) is 1.32. The number of imide groups is 1. The largest absolute Gasteiger partial charge is 0.493 e. The van der Waals surface area contributed by atoms with E-state index in [4.69, 9.17) is 20.5 Å². The molecule has 2 rings (SSSR count). The molecule has 0 aliphatic carbocycles. The second kappa shape index (κ2) is 9.58. The summed E-state index contributed by atoms with van der Waals surface area (Å²) in [7, 11) is 1.49. The third kappa shape index (κ3) is 5.59. The highest BCUT2D eigenvalue weighted by molar-refractivity contribution is 9.10. The van der Waals surface area contributed by atoms with Crippen molar-refractivity contribution in [1.82, 2.24) is 5.32 Å². The van der Waals surface area contributed by atoms with Gasteiger partial charge in [-0.05, 0) is 52.2 Å². The molecule has 3 amide bonds. The lowest BCUT2D eigenvalue weighted by Gasteiger charge is -2.14. The van der Waals surface area contributed by atoms with Crippen molar-refractivity contribution in [3.63, 3.8) is 0 Å². The number of rotatable bonds is 6. The zero-order valence-electron chi connectivity index (χ0n) is 15.3. The third-order valence-electron chi connectivity index (χ3n) is 3.63. The van der Waals surface area contributed by atoms with Crippen LogP contribution in [0.1, 0.15) is 16.7 Å². The normalized spacial score (nSPS) is 10.7. The summed E-state index contributed by atoms with van der Waals surface area (Å²) in [5, 5.41) is 11.0. The maximum Gasteiger partial charge on any atom is 0.319 e. The van der Waals surface area contributed by atoms with Crippen LogP contribution in [-0.4, -0.2) is 19.0 Å². The first kappa shape index (κ1) is 21.0. The van der Waals surface area contributed by atoms with Crippen LogP contribution < -0.4 is 20.5 Å². The van der Waals surface area contributed by atoms with Gasteiger partial charge in [0.05, 0.1) is 11.6 Å². The molecule has 0 saturated carbocycles. The van der Waals surface area contributed by atoms with Crippen LogP contribution >= 0.6 is 15.9 Å². The van der Waals surface area contributed by atoms with Gasteiger partial charge >= 0.3 is 6.03 Å². The number of nitrogens with two attached hydrogens (primary N) is 1. The predicted molar refractivity (Wildman–Crippen MR) is 108 cm³/mol. The zero-order valence-corrected chi connectivity index (χ0v) is 16.9. The maximum atomic E-state index is 11.8. The van der Waals surface area contributed by atoms with E-state index in [-0.39, 0.29) is 5.57 Å². The summed E-state index contributed by atoms with van der Waals surface area (Å²) in [6.45, 7) is 2.35. The molecule has 0 unspecified atom stereocenters. The zero-order chi connectivity index (χ0) is 20.7. The van der Waals surface area contributed by atoms with Crippen LogP contribution in [0.15, 0.2) is 46.4 Å². The highest BCUT2D eigenvalue weighted by Gasteiger charge is 2.15. The number of urea groups is 1. The Hall–Kier alpha value is -3.31. The fourth-order valence-electron chi connectivity index (χ4n) is 2.42. The number of aryl methyl sites for hydroxylation is 1. The molecular formula is C20H18BrN3O4. The minimum absolute atomic E-state index is 0.277. The fourth-order valence-corrected chi connectivity index (χ4v) is 2.99. The van der Waals surface area contributed by atoms with Crippen molar-refractivity contribution < 1.29 is 19.1 Å². The Balaban J connectivity index is 2.29. The van der Waals surface area contributed by atoms with Gasteiger partial charge in [-0.15, -0.1) is 0 Å². The molecule has 0 radical (unpaired) electrons. The summed E-state index contributed by atoms with van der Waals surface area (Å²) < 4.78 is 11.8. The minimum Gasteiger partial charge on any atom is -0.493 e. The molecule has 28 heavy (non-hydrogen) atoms. The number of halogens is 1. The molecule has 144 valence electrons. The van der Waals surface area contributed by atoms with Crippen LogP contribution in [0.25, 0.3) is 6.08 Å². The van der Waals surface area contributed by atoms with Crippen LogP contribution in [0, 0.1) is 18.3 Å². The smallest absolute Gasteiger partial charge is 0.319 e. The van der Waals surface area contributed by atoms with Crippen LogP contribution in [0.2, 0.25) is 0 Å². The molecule has 0 aliphatic rings. The van der Waals surface area contributed by atoms with Crippen molar-refractivity contribution in [1.29, 1.82) is 5.26 Å². The van der Waals surface area contributed by atoms with Gasteiger partial charge in [0.1, 0.15) is 18.2 Å². The first-order chi connectivity index (χ1) is 13.3. The van der Waals surface area contributed by atoms with Crippen LogP contribution in [0.5, 0.6) is 11.5 Å². The maximum absolute atomic E-state index is 11.8. The van der Waals surface area contributed by atoms with Crippen LogP contribution in [-0.2, 0) is 11.4 Å². The van der Waals surface area contributed by atoms with Crippen molar-refractivity contribution in [3.8, 4) is 17.6 Å². The van der Waals surface area contributed by atoms with Gasteiger partial charge in [0.15, 0.2) is 11.5 Å². The number of methoxy groups -OCH3 is 1. The number of hydrogen-bond acceptors (Lipinski definition) is 5. The number of nitrogens with one attached hydrogen (secondary N) is 1. The number of carbonyl (C=O) groups is 2. The molecule has 3 N–H and O–H groups in total. The Morgan fingerprint density at radius 3 is 2.68 bits per heavy atom. The summed E-state index contributed by atoms with van der Waals surface area (Å²) in [5.41, 5.74) is 7.27. The number of benzene rings is 2. The number of ether oxygens (including phenoxy) is 2. The molecule has 0 fully saturated rings. The van der Waals surface area contributed by atoms with Crippen molar-refractivity contribution in [2.45, 2.75) is 13.5 Å². The number of carbonyl (C=O) groups excluding carboxylic acids is 2. The van der Waals surface area contributed by atoms with Crippen LogP contribution in [0.4, 0.5) is 4.79 Å². The van der Waals surface area contributed by atoms with Gasteiger partial charge in [-0.3, -0.25) is 10.1 Å². The molecular weight excluding hydrogens is 426 g/mol. The number of nitrogens with zero attached hydrogens (tertiary/aromatic N) is 1. The lowest BCUT2D eigenvalue weighted by molar-refractivity contribution is -0.115. The van der Waals surface area contributed by atoms with Crippen molar-refractivity contribution in [2.24, 2.45) is 5.73 Å². The summed E-state index contributed by atoms with van der Waals surface area (Å²) in [5.74, 6) is 0.0204.